The van der Waals surface area contributed by atoms with E-state index in [0.717, 1.165) is 5.56 Å². The molecule has 2 aromatic carbocycles. The molecule has 0 radical (unpaired) electrons. The van der Waals surface area contributed by atoms with Crippen molar-refractivity contribution in [3.8, 4) is 0 Å². The van der Waals surface area contributed by atoms with Crippen LogP contribution >= 0.6 is 11.6 Å². The minimum atomic E-state index is -3.38. The molecule has 0 aromatic heterocycles. The molecule has 6 heteroatoms. The van der Waals surface area contributed by atoms with Crippen LogP contribution in [0, 0.1) is 0 Å². The fourth-order valence-electron chi connectivity index (χ4n) is 2.16. The van der Waals surface area contributed by atoms with E-state index in [1.165, 1.54) is 6.07 Å². The Labute approximate surface area is 141 Å². The second-order valence-electron chi connectivity index (χ2n) is 5.04. The zero-order chi connectivity index (χ0) is 16.9. The van der Waals surface area contributed by atoms with Crippen molar-refractivity contribution in [2.75, 3.05) is 11.1 Å². The maximum atomic E-state index is 12.1. The highest BCUT2D eigenvalue weighted by molar-refractivity contribution is 7.91. The first kappa shape index (κ1) is 17.5. The van der Waals surface area contributed by atoms with Crippen LogP contribution in [0.1, 0.15) is 18.9 Å². The summed E-state index contributed by atoms with van der Waals surface area (Å²) in [6.45, 7) is 1.57. The zero-order valence-electron chi connectivity index (χ0n) is 12.8. The Hall–Kier alpha value is -1.85. The summed E-state index contributed by atoms with van der Waals surface area (Å²) in [7, 11) is -3.38. The van der Waals surface area contributed by atoms with Crippen LogP contribution in [0.25, 0.3) is 0 Å². The average molecular weight is 352 g/mol. The first-order chi connectivity index (χ1) is 10.9. The van der Waals surface area contributed by atoms with Crippen molar-refractivity contribution in [3.63, 3.8) is 0 Å². The lowest BCUT2D eigenvalue weighted by molar-refractivity contribution is -0.116. The molecule has 4 nitrogen and oxygen atoms in total. The average Bonchev–Trinajstić information content (AvgIpc) is 2.54. The van der Waals surface area contributed by atoms with Gasteiger partial charge in [0.25, 0.3) is 0 Å². The number of amides is 1. The Balaban J connectivity index is 2.08. The van der Waals surface area contributed by atoms with Crippen LogP contribution in [-0.4, -0.2) is 20.1 Å². The first-order valence-electron chi connectivity index (χ1n) is 7.29. The molecular weight excluding hydrogens is 334 g/mol. The van der Waals surface area contributed by atoms with Gasteiger partial charge in [-0.1, -0.05) is 48.9 Å². The predicted molar refractivity (Wildman–Crippen MR) is 92.6 cm³/mol. The monoisotopic (exact) mass is 351 g/mol. The number of hydrogen-bond acceptors (Lipinski definition) is 3. The van der Waals surface area contributed by atoms with Crippen molar-refractivity contribution < 1.29 is 13.2 Å². The summed E-state index contributed by atoms with van der Waals surface area (Å²) in [4.78, 5) is 12.3. The maximum Gasteiger partial charge on any atom is 0.224 e. The molecule has 0 heterocycles. The summed E-state index contributed by atoms with van der Waals surface area (Å²) in [5.41, 5.74) is 1.21. The number of carbonyl (C=O) groups excluding carboxylic acids is 1. The second-order valence-corrected chi connectivity index (χ2v) is 7.69. The molecule has 1 N–H and O–H groups in total. The molecule has 0 aliphatic carbocycles. The number of nitrogens with one attached hydrogen (secondary N) is 1. The molecule has 23 heavy (non-hydrogen) atoms. The van der Waals surface area contributed by atoms with Crippen LogP contribution in [0.3, 0.4) is 0 Å². The number of benzene rings is 2. The van der Waals surface area contributed by atoms with Crippen molar-refractivity contribution in [3.05, 3.63) is 59.1 Å². The van der Waals surface area contributed by atoms with Gasteiger partial charge in [-0.15, -0.1) is 0 Å². The number of anilines is 1. The lowest BCUT2D eigenvalue weighted by Gasteiger charge is -2.11. The molecule has 2 rings (SSSR count). The zero-order valence-corrected chi connectivity index (χ0v) is 14.3. The number of aryl methyl sites for hydroxylation is 1. The van der Waals surface area contributed by atoms with Gasteiger partial charge in [-0.25, -0.2) is 8.42 Å². The second kappa shape index (κ2) is 7.62. The normalized spacial score (nSPS) is 11.2. The molecular formula is C17H18ClNO3S. The quantitative estimate of drug-likeness (QED) is 0.863. The molecule has 1 amide bonds. The van der Waals surface area contributed by atoms with E-state index >= 15 is 0 Å². The minimum Gasteiger partial charge on any atom is -0.325 e. The molecule has 0 bridgehead atoms. The SMILES string of the molecule is CCS(=O)(=O)c1ccccc1NC(=O)CCc1ccccc1Cl. The van der Waals surface area contributed by atoms with Crippen molar-refractivity contribution in [2.45, 2.75) is 24.7 Å². The topological polar surface area (TPSA) is 63.2 Å². The van der Waals surface area contributed by atoms with Gasteiger partial charge in [0.05, 0.1) is 16.3 Å². The smallest absolute Gasteiger partial charge is 0.224 e. The Bertz CT molecular complexity index is 803. The minimum absolute atomic E-state index is 0.0144. The van der Waals surface area contributed by atoms with E-state index in [9.17, 15) is 13.2 Å². The van der Waals surface area contributed by atoms with Crippen LogP contribution in [0.4, 0.5) is 5.69 Å². The summed E-state index contributed by atoms with van der Waals surface area (Å²) in [5.74, 6) is -0.261. The van der Waals surface area contributed by atoms with Gasteiger partial charge in [-0.05, 0) is 30.2 Å². The maximum absolute atomic E-state index is 12.1. The van der Waals surface area contributed by atoms with Gasteiger partial charge in [0, 0.05) is 11.4 Å². The summed E-state index contributed by atoms with van der Waals surface area (Å²) >= 11 is 6.06. The van der Waals surface area contributed by atoms with E-state index in [0.29, 0.717) is 17.1 Å². The number of carbonyl (C=O) groups is 1. The molecule has 0 saturated heterocycles. The third kappa shape index (κ3) is 4.56. The Morgan fingerprint density at radius 3 is 2.43 bits per heavy atom. The molecule has 2 aromatic rings. The van der Waals surface area contributed by atoms with Gasteiger partial charge in [0.15, 0.2) is 9.84 Å². The lowest BCUT2D eigenvalue weighted by Crippen LogP contribution is -2.15. The highest BCUT2D eigenvalue weighted by Crippen LogP contribution is 2.22. The molecule has 0 fully saturated rings. The molecule has 122 valence electrons. The third-order valence-corrected chi connectivity index (χ3v) is 5.61. The third-order valence-electron chi connectivity index (χ3n) is 3.46. The van der Waals surface area contributed by atoms with Gasteiger partial charge in [0.2, 0.25) is 5.91 Å². The van der Waals surface area contributed by atoms with Crippen LogP contribution < -0.4 is 5.32 Å². The van der Waals surface area contributed by atoms with Crippen molar-refractivity contribution in [1.29, 1.82) is 0 Å². The molecule has 0 unspecified atom stereocenters. The highest BCUT2D eigenvalue weighted by Gasteiger charge is 2.17. The molecule has 0 atom stereocenters. The van der Waals surface area contributed by atoms with Gasteiger partial charge >= 0.3 is 0 Å². The van der Waals surface area contributed by atoms with Gasteiger partial charge in [-0.3, -0.25) is 4.79 Å². The predicted octanol–water partition coefficient (Wildman–Crippen LogP) is 3.70. The van der Waals surface area contributed by atoms with Gasteiger partial charge < -0.3 is 5.32 Å². The lowest BCUT2D eigenvalue weighted by atomic mass is 10.1. The summed E-state index contributed by atoms with van der Waals surface area (Å²) in [6, 6.07) is 13.8. The largest absolute Gasteiger partial charge is 0.325 e. The number of para-hydroxylation sites is 1. The molecule has 0 saturated carbocycles. The summed E-state index contributed by atoms with van der Waals surface area (Å²) in [5, 5.41) is 3.30. The molecule has 0 spiro atoms. The van der Waals surface area contributed by atoms with Crippen molar-refractivity contribution >= 4 is 33.0 Å². The van der Waals surface area contributed by atoms with Crippen molar-refractivity contribution in [2.24, 2.45) is 0 Å². The van der Waals surface area contributed by atoms with Crippen LogP contribution in [0.5, 0.6) is 0 Å². The van der Waals surface area contributed by atoms with E-state index < -0.39 is 9.84 Å². The van der Waals surface area contributed by atoms with E-state index in [4.69, 9.17) is 11.6 Å². The standard InChI is InChI=1S/C17H18ClNO3S/c1-2-23(21,22)16-10-6-5-9-15(16)19-17(20)12-11-13-7-3-4-8-14(13)18/h3-10H,2,11-12H2,1H3,(H,19,20). The number of sulfone groups is 1. The summed E-state index contributed by atoms with van der Waals surface area (Å²) in [6.07, 6.45) is 0.721. The van der Waals surface area contributed by atoms with Crippen molar-refractivity contribution in [1.82, 2.24) is 0 Å². The Morgan fingerprint density at radius 1 is 1.09 bits per heavy atom. The fourth-order valence-corrected chi connectivity index (χ4v) is 3.44. The van der Waals surface area contributed by atoms with E-state index in [-0.39, 0.29) is 23.0 Å². The van der Waals surface area contributed by atoms with Gasteiger partial charge in [-0.2, -0.15) is 0 Å². The Kier molecular flexibility index (Phi) is 5.80. The molecule has 0 aliphatic heterocycles. The number of hydrogen-bond donors (Lipinski definition) is 1. The van der Waals surface area contributed by atoms with E-state index in [1.54, 1.807) is 31.2 Å². The van der Waals surface area contributed by atoms with E-state index in [2.05, 4.69) is 5.32 Å². The number of halogens is 1. The van der Waals surface area contributed by atoms with Crippen LogP contribution in [0.15, 0.2) is 53.4 Å². The van der Waals surface area contributed by atoms with E-state index in [1.807, 2.05) is 18.2 Å². The highest BCUT2D eigenvalue weighted by atomic mass is 35.5. The van der Waals surface area contributed by atoms with Crippen LogP contribution in [0.2, 0.25) is 5.02 Å². The fraction of sp³-hybridized carbons (Fsp3) is 0.235. The van der Waals surface area contributed by atoms with Crippen LogP contribution in [-0.2, 0) is 21.1 Å². The number of rotatable bonds is 6. The summed E-state index contributed by atoms with van der Waals surface area (Å²) < 4.78 is 24.1. The Morgan fingerprint density at radius 2 is 1.74 bits per heavy atom. The van der Waals surface area contributed by atoms with Gasteiger partial charge in [0.1, 0.15) is 0 Å². The first-order valence-corrected chi connectivity index (χ1v) is 9.32. The molecule has 0 aliphatic rings.